The molecule has 0 aliphatic heterocycles. The molecule has 0 amide bonds. The van der Waals surface area contributed by atoms with Crippen molar-refractivity contribution in [2.45, 2.75) is 39.5 Å². The zero-order valence-corrected chi connectivity index (χ0v) is 18.9. The molecule has 1 N–H and O–H groups in total. The molecule has 4 aromatic carbocycles. The second-order valence-corrected chi connectivity index (χ2v) is 8.71. The van der Waals surface area contributed by atoms with Gasteiger partial charge in [-0.25, -0.2) is 0 Å². The Hall–Kier alpha value is -3.32. The van der Waals surface area contributed by atoms with E-state index in [1.807, 2.05) is 0 Å². The highest BCUT2D eigenvalue weighted by molar-refractivity contribution is 5.93. The lowest BCUT2D eigenvalue weighted by molar-refractivity contribution is 0.838. The van der Waals surface area contributed by atoms with Crippen LogP contribution in [-0.4, -0.2) is 0 Å². The summed E-state index contributed by atoms with van der Waals surface area (Å²) >= 11 is 0. The smallest absolute Gasteiger partial charge is 0.0543 e. The predicted molar refractivity (Wildman–Crippen MR) is 135 cm³/mol. The third-order valence-corrected chi connectivity index (χ3v) is 5.86. The van der Waals surface area contributed by atoms with Crippen LogP contribution in [0.2, 0.25) is 0 Å². The average molecular weight is 406 g/mol. The molecule has 0 heterocycles. The van der Waals surface area contributed by atoms with E-state index in [2.05, 4.69) is 130 Å². The van der Waals surface area contributed by atoms with E-state index in [1.165, 1.54) is 39.1 Å². The van der Waals surface area contributed by atoms with E-state index in [4.69, 9.17) is 0 Å². The van der Waals surface area contributed by atoms with Gasteiger partial charge in [-0.05, 0) is 34.1 Å². The fourth-order valence-electron chi connectivity index (χ4n) is 4.22. The van der Waals surface area contributed by atoms with E-state index < -0.39 is 0 Å². The largest absolute Gasteiger partial charge is 0.354 e. The molecule has 0 aromatic heterocycles. The van der Waals surface area contributed by atoms with E-state index in [-0.39, 0.29) is 0 Å². The zero-order valence-electron chi connectivity index (χ0n) is 18.9. The minimum absolute atomic E-state index is 0.435. The van der Waals surface area contributed by atoms with Gasteiger partial charge in [0.25, 0.3) is 0 Å². The van der Waals surface area contributed by atoms with Crippen LogP contribution < -0.4 is 5.32 Å². The summed E-state index contributed by atoms with van der Waals surface area (Å²) in [5.41, 5.74) is 9.99. The molecule has 0 saturated heterocycles. The van der Waals surface area contributed by atoms with Gasteiger partial charge in [-0.15, -0.1) is 0 Å². The van der Waals surface area contributed by atoms with Crippen molar-refractivity contribution in [1.82, 2.24) is 0 Å². The number of nitrogens with one attached hydrogen (secondary N) is 1. The van der Waals surface area contributed by atoms with E-state index in [9.17, 15) is 0 Å². The lowest BCUT2D eigenvalue weighted by Crippen LogP contribution is -2.05. The summed E-state index contributed by atoms with van der Waals surface area (Å²) in [5, 5.41) is 3.94. The summed E-state index contributed by atoms with van der Waals surface area (Å²) in [6.45, 7) is 9.08. The van der Waals surface area contributed by atoms with Crippen LogP contribution in [0.4, 0.5) is 11.4 Å². The number of para-hydroxylation sites is 2. The highest BCUT2D eigenvalue weighted by atomic mass is 14.9. The molecule has 156 valence electrons. The van der Waals surface area contributed by atoms with Crippen LogP contribution >= 0.6 is 0 Å². The molecule has 0 fully saturated rings. The van der Waals surface area contributed by atoms with Crippen LogP contribution in [-0.2, 0) is 0 Å². The molecule has 31 heavy (non-hydrogen) atoms. The molecule has 0 aliphatic carbocycles. The van der Waals surface area contributed by atoms with Gasteiger partial charge in [0.2, 0.25) is 0 Å². The third-order valence-electron chi connectivity index (χ3n) is 5.86. The Bertz CT molecular complexity index is 1060. The van der Waals surface area contributed by atoms with Crippen molar-refractivity contribution in [2.24, 2.45) is 0 Å². The standard InChI is InChI=1S/C30H31N/c1-21(2)25-17-11-18-26(22(3)4)29(25)31-30-27(23-13-7-5-8-14-23)19-12-20-28(30)24-15-9-6-10-16-24/h5-22,31H,1-4H3. The topological polar surface area (TPSA) is 12.0 Å². The first-order chi connectivity index (χ1) is 15.1. The maximum absolute atomic E-state index is 3.94. The monoisotopic (exact) mass is 405 g/mol. The predicted octanol–water partition coefficient (Wildman–Crippen LogP) is 9.01. The van der Waals surface area contributed by atoms with E-state index in [0.29, 0.717) is 11.8 Å². The summed E-state index contributed by atoms with van der Waals surface area (Å²) in [7, 11) is 0. The SMILES string of the molecule is CC(C)c1cccc(C(C)C)c1Nc1c(-c2ccccc2)cccc1-c1ccccc1. The van der Waals surface area contributed by atoms with Gasteiger partial charge in [-0.3, -0.25) is 0 Å². The lowest BCUT2D eigenvalue weighted by Gasteiger charge is -2.24. The van der Waals surface area contributed by atoms with Crippen molar-refractivity contribution in [1.29, 1.82) is 0 Å². The number of rotatable bonds is 6. The Morgan fingerprint density at radius 1 is 0.452 bits per heavy atom. The normalized spacial score (nSPS) is 11.2. The second-order valence-electron chi connectivity index (χ2n) is 8.71. The first kappa shape index (κ1) is 20.9. The van der Waals surface area contributed by atoms with Gasteiger partial charge in [-0.1, -0.05) is 125 Å². The highest BCUT2D eigenvalue weighted by Crippen LogP contribution is 2.42. The molecule has 0 spiro atoms. The molecule has 0 radical (unpaired) electrons. The number of hydrogen-bond acceptors (Lipinski definition) is 1. The van der Waals surface area contributed by atoms with Crippen molar-refractivity contribution in [3.05, 3.63) is 108 Å². The van der Waals surface area contributed by atoms with Crippen LogP contribution in [0, 0.1) is 0 Å². The van der Waals surface area contributed by atoms with Gasteiger partial charge in [0, 0.05) is 16.8 Å². The Balaban J connectivity index is 1.97. The molecule has 0 bridgehead atoms. The molecule has 1 nitrogen and oxygen atoms in total. The van der Waals surface area contributed by atoms with Crippen LogP contribution in [0.5, 0.6) is 0 Å². The van der Waals surface area contributed by atoms with Gasteiger partial charge >= 0.3 is 0 Å². The average Bonchev–Trinajstić information content (AvgIpc) is 2.80. The first-order valence-electron chi connectivity index (χ1n) is 11.2. The fourth-order valence-corrected chi connectivity index (χ4v) is 4.22. The minimum Gasteiger partial charge on any atom is -0.354 e. The number of hydrogen-bond donors (Lipinski definition) is 1. The molecule has 4 aromatic rings. The van der Waals surface area contributed by atoms with Crippen molar-refractivity contribution in [2.75, 3.05) is 5.32 Å². The molecule has 0 atom stereocenters. The van der Waals surface area contributed by atoms with Gasteiger partial charge in [0.1, 0.15) is 0 Å². The zero-order chi connectivity index (χ0) is 21.8. The fraction of sp³-hybridized carbons (Fsp3) is 0.200. The van der Waals surface area contributed by atoms with Crippen molar-refractivity contribution < 1.29 is 0 Å². The minimum atomic E-state index is 0.435. The summed E-state index contributed by atoms with van der Waals surface area (Å²) in [6.07, 6.45) is 0. The van der Waals surface area contributed by atoms with Crippen molar-refractivity contribution >= 4 is 11.4 Å². The maximum atomic E-state index is 3.94. The van der Waals surface area contributed by atoms with E-state index in [1.54, 1.807) is 0 Å². The Kier molecular flexibility index (Phi) is 6.23. The molecule has 0 aliphatic rings. The van der Waals surface area contributed by atoms with Gasteiger partial charge in [0.15, 0.2) is 0 Å². The molecule has 0 saturated carbocycles. The van der Waals surface area contributed by atoms with Crippen molar-refractivity contribution in [3.8, 4) is 22.3 Å². The summed E-state index contributed by atoms with van der Waals surface area (Å²) < 4.78 is 0. The van der Waals surface area contributed by atoms with Crippen LogP contribution in [0.25, 0.3) is 22.3 Å². The Labute approximate surface area is 186 Å². The highest BCUT2D eigenvalue weighted by Gasteiger charge is 2.18. The summed E-state index contributed by atoms with van der Waals surface area (Å²) in [4.78, 5) is 0. The second kappa shape index (κ2) is 9.22. The van der Waals surface area contributed by atoms with Gasteiger partial charge in [-0.2, -0.15) is 0 Å². The maximum Gasteiger partial charge on any atom is 0.0543 e. The summed E-state index contributed by atoms with van der Waals surface area (Å²) in [6, 6.07) is 34.6. The first-order valence-corrected chi connectivity index (χ1v) is 11.2. The third kappa shape index (κ3) is 4.41. The number of anilines is 2. The van der Waals surface area contributed by atoms with E-state index >= 15 is 0 Å². The van der Waals surface area contributed by atoms with Crippen LogP contribution in [0.1, 0.15) is 50.7 Å². The van der Waals surface area contributed by atoms with Gasteiger partial charge in [0.05, 0.1) is 5.69 Å². The lowest BCUT2D eigenvalue weighted by atomic mass is 9.91. The quantitative estimate of drug-likeness (QED) is 0.337. The molecular formula is C30H31N. The van der Waals surface area contributed by atoms with Crippen LogP contribution in [0.15, 0.2) is 97.1 Å². The molecule has 1 heteroatoms. The van der Waals surface area contributed by atoms with Crippen LogP contribution in [0.3, 0.4) is 0 Å². The number of benzene rings is 4. The van der Waals surface area contributed by atoms with Gasteiger partial charge < -0.3 is 5.32 Å². The Morgan fingerprint density at radius 2 is 0.871 bits per heavy atom. The summed E-state index contributed by atoms with van der Waals surface area (Å²) in [5.74, 6) is 0.871. The van der Waals surface area contributed by atoms with Crippen molar-refractivity contribution in [3.63, 3.8) is 0 Å². The molecule has 4 rings (SSSR count). The Morgan fingerprint density at radius 3 is 1.29 bits per heavy atom. The van der Waals surface area contributed by atoms with E-state index in [0.717, 1.165) is 5.69 Å². The molecular weight excluding hydrogens is 374 g/mol. The molecule has 0 unspecified atom stereocenters.